The summed E-state index contributed by atoms with van der Waals surface area (Å²) in [4.78, 5) is 4.44. The highest BCUT2D eigenvalue weighted by molar-refractivity contribution is 5.41. The van der Waals surface area contributed by atoms with Crippen LogP contribution >= 0.6 is 0 Å². The molecule has 0 fully saturated rings. The molecule has 1 unspecified atom stereocenters. The van der Waals surface area contributed by atoms with E-state index in [-0.39, 0.29) is 11.9 Å². The first kappa shape index (κ1) is 15.4. The minimum atomic E-state index is -0.294. The molecule has 1 aromatic carbocycles. The van der Waals surface area contributed by atoms with Crippen LogP contribution in [-0.4, -0.2) is 12.1 Å². The van der Waals surface area contributed by atoms with Crippen LogP contribution in [0.2, 0.25) is 0 Å². The van der Waals surface area contributed by atoms with E-state index in [0.29, 0.717) is 6.42 Å². The number of halogens is 1. The molecule has 2 N–H and O–H groups in total. The fourth-order valence-corrected chi connectivity index (χ4v) is 2.58. The van der Waals surface area contributed by atoms with Gasteiger partial charge in [0.25, 0.3) is 0 Å². The van der Waals surface area contributed by atoms with Crippen LogP contribution in [0, 0.1) is 26.6 Å². The molecule has 1 aromatic heterocycles. The summed E-state index contributed by atoms with van der Waals surface area (Å²) in [5.41, 5.74) is 10.7. The quantitative estimate of drug-likeness (QED) is 0.938. The molecule has 4 heteroatoms. The van der Waals surface area contributed by atoms with Crippen LogP contribution in [0.5, 0.6) is 5.75 Å². The first-order valence-corrected chi connectivity index (χ1v) is 6.94. The highest BCUT2D eigenvalue weighted by Gasteiger charge is 2.15. The highest BCUT2D eigenvalue weighted by Crippen LogP contribution is 2.27. The monoisotopic (exact) mass is 288 g/mol. The van der Waals surface area contributed by atoms with Gasteiger partial charge in [-0.15, -0.1) is 0 Å². The van der Waals surface area contributed by atoms with E-state index in [4.69, 9.17) is 10.5 Å². The topological polar surface area (TPSA) is 48.1 Å². The van der Waals surface area contributed by atoms with E-state index >= 15 is 0 Å². The highest BCUT2D eigenvalue weighted by atomic mass is 19.1. The smallest absolute Gasteiger partial charge is 0.128 e. The number of hydrogen-bond donors (Lipinski definition) is 1. The minimum Gasteiger partial charge on any atom is -0.496 e. The van der Waals surface area contributed by atoms with Gasteiger partial charge in [0.15, 0.2) is 0 Å². The third-order valence-electron chi connectivity index (χ3n) is 3.66. The summed E-state index contributed by atoms with van der Waals surface area (Å²) in [5.74, 6) is 0.578. The first-order chi connectivity index (χ1) is 9.92. The van der Waals surface area contributed by atoms with Crippen LogP contribution in [-0.2, 0) is 6.42 Å². The molecule has 2 rings (SSSR count). The van der Waals surface area contributed by atoms with E-state index in [1.165, 1.54) is 12.1 Å². The lowest BCUT2D eigenvalue weighted by Gasteiger charge is -2.16. The van der Waals surface area contributed by atoms with Crippen molar-refractivity contribution in [1.29, 1.82) is 0 Å². The molecule has 112 valence electrons. The van der Waals surface area contributed by atoms with Crippen molar-refractivity contribution in [3.05, 3.63) is 58.2 Å². The lowest BCUT2D eigenvalue weighted by atomic mass is 9.98. The molecule has 1 atom stereocenters. The number of methoxy groups -OCH3 is 1. The zero-order chi connectivity index (χ0) is 15.6. The Morgan fingerprint density at radius 2 is 1.95 bits per heavy atom. The molecular formula is C17H21FN2O. The van der Waals surface area contributed by atoms with Crippen LogP contribution in [0.1, 0.15) is 34.0 Å². The molecule has 0 spiro atoms. The zero-order valence-electron chi connectivity index (χ0n) is 12.9. The molecule has 0 aliphatic heterocycles. The maximum Gasteiger partial charge on any atom is 0.128 e. The Morgan fingerprint density at radius 3 is 2.57 bits per heavy atom. The van der Waals surface area contributed by atoms with Crippen LogP contribution in [0.3, 0.4) is 0 Å². The lowest BCUT2D eigenvalue weighted by molar-refractivity contribution is 0.406. The third kappa shape index (κ3) is 3.39. The van der Waals surface area contributed by atoms with E-state index in [0.717, 1.165) is 33.7 Å². The number of aromatic nitrogens is 1. The van der Waals surface area contributed by atoms with Crippen molar-refractivity contribution in [3.63, 3.8) is 0 Å². The van der Waals surface area contributed by atoms with E-state index in [1.807, 2.05) is 26.8 Å². The summed E-state index contributed by atoms with van der Waals surface area (Å²) >= 11 is 0. The summed E-state index contributed by atoms with van der Waals surface area (Å²) in [6, 6.07) is 4.60. The summed E-state index contributed by atoms with van der Waals surface area (Å²) < 4.78 is 18.9. The fraction of sp³-hybridized carbons (Fsp3) is 0.353. The predicted molar refractivity (Wildman–Crippen MR) is 82.0 cm³/mol. The Morgan fingerprint density at radius 1 is 1.24 bits per heavy atom. The van der Waals surface area contributed by atoms with E-state index < -0.39 is 0 Å². The van der Waals surface area contributed by atoms with Crippen LogP contribution in [0.15, 0.2) is 24.4 Å². The Labute approximate surface area is 125 Å². The largest absolute Gasteiger partial charge is 0.496 e. The van der Waals surface area contributed by atoms with Gasteiger partial charge in [0, 0.05) is 35.5 Å². The van der Waals surface area contributed by atoms with Crippen LogP contribution in [0.25, 0.3) is 0 Å². The van der Waals surface area contributed by atoms with Gasteiger partial charge in [0.2, 0.25) is 0 Å². The second-order valence-electron chi connectivity index (χ2n) is 5.42. The van der Waals surface area contributed by atoms with Gasteiger partial charge in [-0.1, -0.05) is 6.07 Å². The Hall–Kier alpha value is -1.94. The number of ether oxygens (including phenoxy) is 1. The number of hydrogen-bond acceptors (Lipinski definition) is 3. The van der Waals surface area contributed by atoms with Gasteiger partial charge in [0.05, 0.1) is 7.11 Å². The summed E-state index contributed by atoms with van der Waals surface area (Å²) in [5, 5.41) is 0. The standard InChI is InChI=1S/C17H21FN2O/c1-10-5-13(7-14(18)6-10)15(19)8-16-12(3)17(21-4)11(2)9-20-16/h5-7,9,15H,8,19H2,1-4H3. The van der Waals surface area contributed by atoms with Crippen molar-refractivity contribution in [2.45, 2.75) is 33.2 Å². The molecule has 0 bridgehead atoms. The van der Waals surface area contributed by atoms with Crippen molar-refractivity contribution in [2.75, 3.05) is 7.11 Å². The summed E-state index contributed by atoms with van der Waals surface area (Å²) in [6.45, 7) is 5.79. The number of nitrogens with zero attached hydrogens (tertiary/aromatic N) is 1. The molecule has 0 aliphatic rings. The molecule has 21 heavy (non-hydrogen) atoms. The van der Waals surface area contributed by atoms with E-state index in [2.05, 4.69) is 4.98 Å². The fourth-order valence-electron chi connectivity index (χ4n) is 2.58. The molecule has 0 saturated carbocycles. The summed E-state index contributed by atoms with van der Waals surface area (Å²) in [7, 11) is 1.65. The molecule has 2 aromatic rings. The van der Waals surface area contributed by atoms with Gasteiger partial charge < -0.3 is 10.5 Å². The second kappa shape index (κ2) is 6.22. The Bertz CT molecular complexity index is 635. The third-order valence-corrected chi connectivity index (χ3v) is 3.66. The van der Waals surface area contributed by atoms with Crippen molar-refractivity contribution in [3.8, 4) is 5.75 Å². The van der Waals surface area contributed by atoms with Gasteiger partial charge in [-0.3, -0.25) is 4.98 Å². The Kier molecular flexibility index (Phi) is 4.58. The normalized spacial score (nSPS) is 12.3. The van der Waals surface area contributed by atoms with Gasteiger partial charge in [-0.25, -0.2) is 4.39 Å². The van der Waals surface area contributed by atoms with Gasteiger partial charge in [-0.2, -0.15) is 0 Å². The van der Waals surface area contributed by atoms with Gasteiger partial charge >= 0.3 is 0 Å². The molecule has 3 nitrogen and oxygen atoms in total. The van der Waals surface area contributed by atoms with Crippen LogP contribution in [0.4, 0.5) is 4.39 Å². The van der Waals surface area contributed by atoms with Crippen molar-refractivity contribution in [2.24, 2.45) is 5.73 Å². The number of rotatable bonds is 4. The molecule has 1 heterocycles. The van der Waals surface area contributed by atoms with E-state index in [9.17, 15) is 4.39 Å². The molecule has 0 amide bonds. The average molecular weight is 288 g/mol. The maximum atomic E-state index is 13.5. The number of benzene rings is 1. The van der Waals surface area contributed by atoms with Crippen molar-refractivity contribution < 1.29 is 9.13 Å². The zero-order valence-corrected chi connectivity index (χ0v) is 12.9. The van der Waals surface area contributed by atoms with Crippen LogP contribution < -0.4 is 10.5 Å². The molecule has 0 saturated heterocycles. The minimum absolute atomic E-state index is 0.258. The summed E-state index contributed by atoms with van der Waals surface area (Å²) in [6.07, 6.45) is 2.33. The van der Waals surface area contributed by atoms with Gasteiger partial charge in [0.1, 0.15) is 11.6 Å². The number of aryl methyl sites for hydroxylation is 2. The van der Waals surface area contributed by atoms with E-state index in [1.54, 1.807) is 13.3 Å². The van der Waals surface area contributed by atoms with Crippen molar-refractivity contribution in [1.82, 2.24) is 4.98 Å². The van der Waals surface area contributed by atoms with Gasteiger partial charge in [-0.05, 0) is 44.0 Å². The predicted octanol–water partition coefficient (Wildman–Crippen LogP) is 3.40. The number of nitrogens with two attached hydrogens (primary N) is 1. The maximum absolute atomic E-state index is 13.5. The first-order valence-electron chi connectivity index (χ1n) is 6.94. The second-order valence-corrected chi connectivity index (χ2v) is 5.42. The molecule has 0 aliphatic carbocycles. The lowest BCUT2D eigenvalue weighted by Crippen LogP contribution is -2.16. The average Bonchev–Trinajstić information content (AvgIpc) is 2.41. The molecule has 0 radical (unpaired) electrons. The molecular weight excluding hydrogens is 267 g/mol. The Balaban J connectivity index is 2.29. The SMILES string of the molecule is COc1c(C)cnc(CC(N)c2cc(C)cc(F)c2)c1C. The number of pyridine rings is 1. The van der Waals surface area contributed by atoms with Crippen molar-refractivity contribution >= 4 is 0 Å².